The van der Waals surface area contributed by atoms with Gasteiger partial charge in [-0.05, 0) is 38.3 Å². The Morgan fingerprint density at radius 3 is 2.77 bits per heavy atom. The second-order valence-corrected chi connectivity index (χ2v) is 8.19. The molecule has 2 aliphatic rings. The topological polar surface area (TPSA) is 98.4 Å². The van der Waals surface area contributed by atoms with Crippen LogP contribution in [-0.4, -0.2) is 63.9 Å². The Balaban J connectivity index is 1.54. The number of carbonyl (C=O) groups excluding carboxylic acids is 3. The Hall–Kier alpha value is -3.16. The number of hydrogen-bond acceptors (Lipinski definition) is 4. The van der Waals surface area contributed by atoms with Gasteiger partial charge in [0.05, 0.1) is 23.4 Å². The van der Waals surface area contributed by atoms with E-state index in [1.165, 1.54) is 0 Å². The van der Waals surface area contributed by atoms with Crippen LogP contribution in [-0.2, 0) is 9.59 Å². The number of nitrogens with zero attached hydrogens (tertiary/aromatic N) is 3. The predicted molar refractivity (Wildman–Crippen MR) is 117 cm³/mol. The minimum atomic E-state index is -0.470. The van der Waals surface area contributed by atoms with Crippen molar-refractivity contribution >= 4 is 23.4 Å². The number of rotatable bonds is 5. The van der Waals surface area contributed by atoms with Crippen molar-refractivity contribution in [2.45, 2.75) is 44.9 Å². The van der Waals surface area contributed by atoms with Crippen molar-refractivity contribution in [2.75, 3.05) is 31.5 Å². The summed E-state index contributed by atoms with van der Waals surface area (Å²) in [5, 5.41) is 10.0. The standard InChI is InChI=1S/C23H29N5O3/c1-3-27(4-2)23(31)18-13-24-26-21(18)15-8-7-11-28(14-15)22(30)17-12-20(29)25-19-10-6-5-9-16(17)19/h5-6,9-10,13,15,17H,3-4,7-8,11-12,14H2,1-2H3,(H,24,26)(H,25,29). The molecule has 0 aliphatic carbocycles. The van der Waals surface area contributed by atoms with Crippen molar-refractivity contribution < 1.29 is 14.4 Å². The molecule has 1 aromatic carbocycles. The first-order chi connectivity index (χ1) is 15.0. The third-order valence-electron chi connectivity index (χ3n) is 6.39. The van der Waals surface area contributed by atoms with E-state index in [1.807, 2.05) is 43.0 Å². The highest BCUT2D eigenvalue weighted by molar-refractivity contribution is 6.01. The molecule has 2 aliphatic heterocycles. The van der Waals surface area contributed by atoms with Gasteiger partial charge < -0.3 is 15.1 Å². The molecule has 0 spiro atoms. The molecule has 2 atom stereocenters. The molecule has 2 N–H and O–H groups in total. The van der Waals surface area contributed by atoms with E-state index in [1.54, 1.807) is 11.1 Å². The normalized spacial score (nSPS) is 20.7. The lowest BCUT2D eigenvalue weighted by Gasteiger charge is -2.36. The van der Waals surface area contributed by atoms with Crippen LogP contribution in [0.3, 0.4) is 0 Å². The number of fused-ring (bicyclic) bond motifs is 1. The Morgan fingerprint density at radius 1 is 1.23 bits per heavy atom. The number of anilines is 1. The van der Waals surface area contributed by atoms with E-state index in [4.69, 9.17) is 0 Å². The molecule has 3 heterocycles. The van der Waals surface area contributed by atoms with Crippen LogP contribution in [0.5, 0.6) is 0 Å². The zero-order valence-electron chi connectivity index (χ0n) is 18.1. The van der Waals surface area contributed by atoms with E-state index in [2.05, 4.69) is 15.5 Å². The van der Waals surface area contributed by atoms with Crippen LogP contribution in [0, 0.1) is 0 Å². The van der Waals surface area contributed by atoms with E-state index >= 15 is 0 Å². The molecule has 8 heteroatoms. The number of nitrogens with one attached hydrogen (secondary N) is 2. The fourth-order valence-electron chi connectivity index (χ4n) is 4.72. The molecular weight excluding hydrogens is 394 g/mol. The number of piperidine rings is 1. The van der Waals surface area contributed by atoms with Gasteiger partial charge in [-0.3, -0.25) is 19.5 Å². The fraction of sp³-hybridized carbons (Fsp3) is 0.478. The molecule has 0 saturated carbocycles. The molecule has 31 heavy (non-hydrogen) atoms. The summed E-state index contributed by atoms with van der Waals surface area (Å²) < 4.78 is 0. The zero-order chi connectivity index (χ0) is 22.0. The highest BCUT2D eigenvalue weighted by atomic mass is 16.2. The number of likely N-dealkylation sites (tertiary alicyclic amines) is 1. The molecule has 2 unspecified atom stereocenters. The lowest BCUT2D eigenvalue weighted by atomic mass is 9.87. The Bertz CT molecular complexity index is 981. The van der Waals surface area contributed by atoms with E-state index in [9.17, 15) is 14.4 Å². The molecule has 1 fully saturated rings. The first-order valence-corrected chi connectivity index (χ1v) is 11.0. The van der Waals surface area contributed by atoms with Crippen molar-refractivity contribution in [1.82, 2.24) is 20.0 Å². The number of hydrogen-bond donors (Lipinski definition) is 2. The summed E-state index contributed by atoms with van der Waals surface area (Å²) in [4.78, 5) is 42.2. The van der Waals surface area contributed by atoms with Gasteiger partial charge >= 0.3 is 0 Å². The number of aromatic amines is 1. The maximum absolute atomic E-state index is 13.4. The van der Waals surface area contributed by atoms with Gasteiger partial charge in [-0.2, -0.15) is 5.10 Å². The van der Waals surface area contributed by atoms with Crippen LogP contribution in [0.25, 0.3) is 0 Å². The lowest BCUT2D eigenvalue weighted by molar-refractivity contribution is -0.136. The number of benzene rings is 1. The molecule has 8 nitrogen and oxygen atoms in total. The quantitative estimate of drug-likeness (QED) is 0.773. The van der Waals surface area contributed by atoms with Gasteiger partial charge in [0, 0.05) is 44.2 Å². The summed E-state index contributed by atoms with van der Waals surface area (Å²) in [5.41, 5.74) is 2.97. The van der Waals surface area contributed by atoms with Crippen LogP contribution in [0.1, 0.15) is 66.6 Å². The molecule has 1 saturated heterocycles. The molecule has 164 valence electrons. The largest absolute Gasteiger partial charge is 0.341 e. The highest BCUT2D eigenvalue weighted by Gasteiger charge is 2.36. The monoisotopic (exact) mass is 423 g/mol. The summed E-state index contributed by atoms with van der Waals surface area (Å²) >= 11 is 0. The molecule has 2 aromatic rings. The van der Waals surface area contributed by atoms with Crippen molar-refractivity contribution in [3.63, 3.8) is 0 Å². The Kier molecular flexibility index (Phi) is 6.06. The average molecular weight is 424 g/mol. The summed E-state index contributed by atoms with van der Waals surface area (Å²) in [7, 11) is 0. The van der Waals surface area contributed by atoms with Gasteiger partial charge in [0.2, 0.25) is 11.8 Å². The van der Waals surface area contributed by atoms with Crippen molar-refractivity contribution in [3.05, 3.63) is 47.3 Å². The van der Waals surface area contributed by atoms with Crippen LogP contribution in [0.2, 0.25) is 0 Å². The number of carbonyl (C=O) groups is 3. The second kappa shape index (κ2) is 8.91. The fourth-order valence-corrected chi connectivity index (χ4v) is 4.72. The molecule has 4 rings (SSSR count). The second-order valence-electron chi connectivity index (χ2n) is 8.19. The smallest absolute Gasteiger partial charge is 0.257 e. The van der Waals surface area contributed by atoms with Crippen LogP contribution in [0.4, 0.5) is 5.69 Å². The third kappa shape index (κ3) is 4.06. The minimum absolute atomic E-state index is 0.0161. The SMILES string of the molecule is CCN(CC)C(=O)c1cn[nH]c1C1CCCN(C(=O)C2CC(=O)Nc3ccccc32)C1. The van der Waals surface area contributed by atoms with Gasteiger partial charge in [-0.15, -0.1) is 0 Å². The average Bonchev–Trinajstić information content (AvgIpc) is 3.29. The number of aromatic nitrogens is 2. The van der Waals surface area contributed by atoms with Crippen molar-refractivity contribution in [2.24, 2.45) is 0 Å². The first-order valence-electron chi connectivity index (χ1n) is 11.0. The van der Waals surface area contributed by atoms with E-state index in [0.29, 0.717) is 37.4 Å². The molecular formula is C23H29N5O3. The number of para-hydroxylation sites is 1. The van der Waals surface area contributed by atoms with Crippen molar-refractivity contribution in [1.29, 1.82) is 0 Å². The summed E-state index contributed by atoms with van der Waals surface area (Å²) in [6, 6.07) is 7.50. The molecule has 1 aromatic heterocycles. The minimum Gasteiger partial charge on any atom is -0.341 e. The summed E-state index contributed by atoms with van der Waals surface area (Å²) in [5.74, 6) is -0.644. The molecule has 0 radical (unpaired) electrons. The maximum atomic E-state index is 13.4. The first kappa shape index (κ1) is 21.1. The van der Waals surface area contributed by atoms with Gasteiger partial charge in [0.1, 0.15) is 0 Å². The zero-order valence-corrected chi connectivity index (χ0v) is 18.1. The van der Waals surface area contributed by atoms with Gasteiger partial charge in [-0.1, -0.05) is 18.2 Å². The lowest BCUT2D eigenvalue weighted by Crippen LogP contribution is -2.43. The number of amides is 3. The summed E-state index contributed by atoms with van der Waals surface area (Å²) in [6.45, 7) is 6.36. The van der Waals surface area contributed by atoms with Crippen LogP contribution in [0.15, 0.2) is 30.5 Å². The Labute approximate surface area is 182 Å². The Morgan fingerprint density at radius 2 is 2.00 bits per heavy atom. The maximum Gasteiger partial charge on any atom is 0.257 e. The summed E-state index contributed by atoms with van der Waals surface area (Å²) in [6.07, 6.45) is 3.48. The van der Waals surface area contributed by atoms with Gasteiger partial charge in [-0.25, -0.2) is 0 Å². The van der Waals surface area contributed by atoms with Gasteiger partial charge in [0.25, 0.3) is 5.91 Å². The third-order valence-corrected chi connectivity index (χ3v) is 6.39. The van der Waals surface area contributed by atoms with E-state index in [0.717, 1.165) is 24.1 Å². The van der Waals surface area contributed by atoms with E-state index in [-0.39, 0.29) is 30.1 Å². The van der Waals surface area contributed by atoms with Crippen LogP contribution >= 0.6 is 0 Å². The highest BCUT2D eigenvalue weighted by Crippen LogP contribution is 2.35. The molecule has 3 amide bonds. The van der Waals surface area contributed by atoms with Crippen molar-refractivity contribution in [3.8, 4) is 0 Å². The molecule has 0 bridgehead atoms. The van der Waals surface area contributed by atoms with Gasteiger partial charge in [0.15, 0.2) is 0 Å². The van der Waals surface area contributed by atoms with Crippen LogP contribution < -0.4 is 5.32 Å². The number of H-pyrrole nitrogens is 1. The predicted octanol–water partition coefficient (Wildman–Crippen LogP) is 2.72. The van der Waals surface area contributed by atoms with E-state index < -0.39 is 5.92 Å².